The molecule has 0 aliphatic carbocycles. The molecule has 6 nitrogen and oxygen atoms in total. The highest BCUT2D eigenvalue weighted by Crippen LogP contribution is 2.34. The minimum Gasteiger partial charge on any atom is -0.361 e. The summed E-state index contributed by atoms with van der Waals surface area (Å²) in [6.07, 6.45) is 3.48. The molecular weight excluding hydrogens is 393 g/mol. The first-order chi connectivity index (χ1) is 14.1. The van der Waals surface area contributed by atoms with Gasteiger partial charge >= 0.3 is 0 Å². The number of H-pyrrole nitrogens is 2. The lowest BCUT2D eigenvalue weighted by Crippen LogP contribution is -2.16. The molecule has 0 radical (unpaired) electrons. The molecule has 0 unspecified atom stereocenters. The zero-order chi connectivity index (χ0) is 20.0. The van der Waals surface area contributed by atoms with E-state index in [1.165, 1.54) is 6.07 Å². The molecule has 3 aromatic heterocycles. The van der Waals surface area contributed by atoms with Crippen LogP contribution in [0.3, 0.4) is 0 Å². The standard InChI is InChI=1S/C21H13ClFN5O/c22-19-5-4-15(23)20(27-19)21(29)26-17-8-11(9-18-14(17)10-25-28-18)12-2-1-3-16-13(12)6-7-24-16/h1-10,24H,(H,25,28)(H,26,29). The SMILES string of the molecule is O=C(Nc1cc(-c2cccc3[nH]ccc23)cc2[nH]ncc12)c1nc(Cl)ccc1F. The average molecular weight is 406 g/mol. The van der Waals surface area contributed by atoms with Crippen molar-refractivity contribution in [3.63, 3.8) is 0 Å². The average Bonchev–Trinajstić information content (AvgIpc) is 3.38. The van der Waals surface area contributed by atoms with Crippen LogP contribution in [0.15, 0.2) is 60.9 Å². The Morgan fingerprint density at radius 3 is 2.86 bits per heavy atom. The Bertz CT molecular complexity index is 1390. The number of pyridine rings is 1. The third-order valence-corrected chi connectivity index (χ3v) is 4.95. The van der Waals surface area contributed by atoms with Gasteiger partial charge in [0.25, 0.3) is 5.91 Å². The van der Waals surface area contributed by atoms with Crippen molar-refractivity contribution in [2.75, 3.05) is 5.32 Å². The fourth-order valence-corrected chi connectivity index (χ4v) is 3.55. The number of nitrogens with one attached hydrogen (secondary N) is 3. The van der Waals surface area contributed by atoms with E-state index in [4.69, 9.17) is 11.6 Å². The van der Waals surface area contributed by atoms with Crippen molar-refractivity contribution in [1.82, 2.24) is 20.2 Å². The number of carbonyl (C=O) groups excluding carboxylic acids is 1. The minimum atomic E-state index is -0.747. The second-order valence-corrected chi connectivity index (χ2v) is 6.91. The fourth-order valence-electron chi connectivity index (χ4n) is 3.41. The lowest BCUT2D eigenvalue weighted by Gasteiger charge is -2.11. The van der Waals surface area contributed by atoms with Crippen LogP contribution in [0.1, 0.15) is 10.5 Å². The van der Waals surface area contributed by atoms with E-state index in [-0.39, 0.29) is 10.8 Å². The van der Waals surface area contributed by atoms with Gasteiger partial charge in [0.05, 0.1) is 17.4 Å². The first kappa shape index (κ1) is 17.4. The highest BCUT2D eigenvalue weighted by molar-refractivity contribution is 6.29. The third-order valence-electron chi connectivity index (χ3n) is 4.74. The Balaban J connectivity index is 1.63. The van der Waals surface area contributed by atoms with Crippen molar-refractivity contribution in [3.05, 3.63) is 77.6 Å². The topological polar surface area (TPSA) is 86.5 Å². The molecule has 5 aromatic rings. The molecule has 0 aliphatic rings. The van der Waals surface area contributed by atoms with E-state index in [1.807, 2.05) is 42.6 Å². The van der Waals surface area contributed by atoms with Gasteiger partial charge in [0.2, 0.25) is 0 Å². The molecular formula is C21H13ClFN5O. The maximum Gasteiger partial charge on any atom is 0.277 e. The van der Waals surface area contributed by atoms with Crippen molar-refractivity contribution in [1.29, 1.82) is 0 Å². The third kappa shape index (κ3) is 3.01. The van der Waals surface area contributed by atoms with Crippen LogP contribution in [-0.2, 0) is 0 Å². The highest BCUT2D eigenvalue weighted by Gasteiger charge is 2.17. The molecule has 0 saturated heterocycles. The molecule has 0 atom stereocenters. The molecule has 0 saturated carbocycles. The van der Waals surface area contributed by atoms with Gasteiger partial charge in [-0.15, -0.1) is 0 Å². The second kappa shape index (κ2) is 6.72. The number of halogens is 2. The van der Waals surface area contributed by atoms with Crippen LogP contribution < -0.4 is 5.32 Å². The quantitative estimate of drug-likeness (QED) is 0.363. The summed E-state index contributed by atoms with van der Waals surface area (Å²) in [4.78, 5) is 19.7. The molecule has 3 N–H and O–H groups in total. The number of hydrogen-bond acceptors (Lipinski definition) is 3. The van der Waals surface area contributed by atoms with Gasteiger partial charge in [-0.1, -0.05) is 23.7 Å². The summed E-state index contributed by atoms with van der Waals surface area (Å²) in [6.45, 7) is 0. The number of carbonyl (C=O) groups is 1. The predicted octanol–water partition coefficient (Wildman–Crippen LogP) is 5.15. The molecule has 0 bridgehead atoms. The summed E-state index contributed by atoms with van der Waals surface area (Å²) >= 11 is 5.82. The molecule has 0 spiro atoms. The smallest absolute Gasteiger partial charge is 0.277 e. The van der Waals surface area contributed by atoms with Crippen molar-refractivity contribution < 1.29 is 9.18 Å². The van der Waals surface area contributed by atoms with Crippen LogP contribution in [-0.4, -0.2) is 26.1 Å². The second-order valence-electron chi connectivity index (χ2n) is 6.52. The molecule has 0 aliphatic heterocycles. The molecule has 8 heteroatoms. The molecule has 29 heavy (non-hydrogen) atoms. The number of aromatic amines is 2. The van der Waals surface area contributed by atoms with E-state index in [9.17, 15) is 9.18 Å². The Labute approximate surface area is 168 Å². The number of nitrogens with zero attached hydrogens (tertiary/aromatic N) is 2. The summed E-state index contributed by atoms with van der Waals surface area (Å²) in [5.74, 6) is -1.44. The summed E-state index contributed by atoms with van der Waals surface area (Å²) in [7, 11) is 0. The molecule has 3 heterocycles. The van der Waals surface area contributed by atoms with Gasteiger partial charge in [-0.2, -0.15) is 5.10 Å². The molecule has 142 valence electrons. The minimum absolute atomic E-state index is 0.0397. The fraction of sp³-hybridized carbons (Fsp3) is 0. The lowest BCUT2D eigenvalue weighted by molar-refractivity contribution is 0.101. The van der Waals surface area contributed by atoms with E-state index in [0.717, 1.165) is 33.6 Å². The Kier molecular flexibility index (Phi) is 4.03. The van der Waals surface area contributed by atoms with Crippen molar-refractivity contribution >= 4 is 45.0 Å². The summed E-state index contributed by atoms with van der Waals surface area (Å²) in [5, 5.41) is 11.5. The van der Waals surface area contributed by atoms with Crippen LogP contribution in [0.4, 0.5) is 10.1 Å². The maximum atomic E-state index is 14.1. The largest absolute Gasteiger partial charge is 0.361 e. The van der Waals surface area contributed by atoms with E-state index in [2.05, 4.69) is 25.5 Å². The van der Waals surface area contributed by atoms with Crippen LogP contribution in [0.2, 0.25) is 5.15 Å². The number of aromatic nitrogens is 4. The van der Waals surface area contributed by atoms with Crippen molar-refractivity contribution in [2.45, 2.75) is 0 Å². The monoisotopic (exact) mass is 405 g/mol. The van der Waals surface area contributed by atoms with E-state index in [1.54, 1.807) is 6.20 Å². The van der Waals surface area contributed by atoms with Gasteiger partial charge in [-0.25, -0.2) is 9.37 Å². The number of amides is 1. The van der Waals surface area contributed by atoms with Crippen LogP contribution in [0.5, 0.6) is 0 Å². The zero-order valence-electron chi connectivity index (χ0n) is 14.8. The van der Waals surface area contributed by atoms with Crippen LogP contribution in [0.25, 0.3) is 32.9 Å². The predicted molar refractivity (Wildman–Crippen MR) is 111 cm³/mol. The van der Waals surface area contributed by atoms with E-state index < -0.39 is 11.7 Å². The number of rotatable bonds is 3. The van der Waals surface area contributed by atoms with Gasteiger partial charge in [0, 0.05) is 22.5 Å². The lowest BCUT2D eigenvalue weighted by atomic mass is 9.99. The van der Waals surface area contributed by atoms with Crippen LogP contribution in [0, 0.1) is 5.82 Å². The first-order valence-corrected chi connectivity index (χ1v) is 9.15. The Hall–Kier alpha value is -3.71. The van der Waals surface area contributed by atoms with Gasteiger partial charge in [0.15, 0.2) is 11.5 Å². The number of fused-ring (bicyclic) bond motifs is 2. The Morgan fingerprint density at radius 2 is 1.97 bits per heavy atom. The van der Waals surface area contributed by atoms with Gasteiger partial charge in [0.1, 0.15) is 5.15 Å². The normalized spacial score (nSPS) is 11.2. The zero-order valence-corrected chi connectivity index (χ0v) is 15.6. The van der Waals surface area contributed by atoms with Crippen LogP contribution >= 0.6 is 11.6 Å². The van der Waals surface area contributed by atoms with Crippen molar-refractivity contribution in [3.8, 4) is 11.1 Å². The molecule has 1 amide bonds. The number of hydrogen-bond donors (Lipinski definition) is 3. The van der Waals surface area contributed by atoms with E-state index in [0.29, 0.717) is 11.1 Å². The van der Waals surface area contributed by atoms with Gasteiger partial charge < -0.3 is 10.3 Å². The molecule has 5 rings (SSSR count). The van der Waals surface area contributed by atoms with Gasteiger partial charge in [-0.05, 0) is 47.5 Å². The van der Waals surface area contributed by atoms with E-state index >= 15 is 0 Å². The highest BCUT2D eigenvalue weighted by atomic mass is 35.5. The Morgan fingerprint density at radius 1 is 1.07 bits per heavy atom. The number of anilines is 1. The summed E-state index contributed by atoms with van der Waals surface area (Å²) in [6, 6.07) is 14.1. The summed E-state index contributed by atoms with van der Waals surface area (Å²) in [5.41, 5.74) is 3.73. The maximum absolute atomic E-state index is 14.1. The van der Waals surface area contributed by atoms with Crippen molar-refractivity contribution in [2.24, 2.45) is 0 Å². The number of benzene rings is 2. The van der Waals surface area contributed by atoms with Gasteiger partial charge in [-0.3, -0.25) is 9.89 Å². The molecule has 2 aromatic carbocycles. The first-order valence-electron chi connectivity index (χ1n) is 8.77. The summed E-state index contributed by atoms with van der Waals surface area (Å²) < 4.78 is 14.1. The molecule has 0 fully saturated rings.